The van der Waals surface area contributed by atoms with Crippen molar-refractivity contribution in [3.8, 4) is 0 Å². The van der Waals surface area contributed by atoms with Gasteiger partial charge in [-0.05, 0) is 24.3 Å². The Morgan fingerprint density at radius 3 is 2.40 bits per heavy atom. The molecule has 0 saturated carbocycles. The summed E-state index contributed by atoms with van der Waals surface area (Å²) >= 11 is 2.77. The monoisotopic (exact) mass is 306 g/mol. The van der Waals surface area contributed by atoms with Crippen LogP contribution in [0.3, 0.4) is 0 Å². The highest BCUT2D eigenvalue weighted by atomic mass is 32.2. The summed E-state index contributed by atoms with van der Waals surface area (Å²) in [6, 6.07) is 13.1. The van der Waals surface area contributed by atoms with Gasteiger partial charge in [0.05, 0.1) is 9.09 Å². The molecule has 0 bridgehead atoms. The average molecular weight is 306 g/mol. The zero-order chi connectivity index (χ0) is 14.5. The smallest absolute Gasteiger partial charge is 0.371 e. The van der Waals surface area contributed by atoms with Crippen LogP contribution in [0.1, 0.15) is 9.67 Å². The molecule has 1 aromatic carbocycles. The molecule has 0 spiro atoms. The third-order valence-corrected chi connectivity index (χ3v) is 4.51. The minimum absolute atomic E-state index is 0.385. The summed E-state index contributed by atoms with van der Waals surface area (Å²) in [5.74, 6) is -3.00. The first kappa shape index (κ1) is 14.4. The van der Waals surface area contributed by atoms with E-state index in [0.29, 0.717) is 11.0 Å². The van der Waals surface area contributed by atoms with E-state index in [4.69, 9.17) is 10.2 Å². The third-order valence-electron chi connectivity index (χ3n) is 2.27. The van der Waals surface area contributed by atoms with E-state index in [9.17, 15) is 9.59 Å². The number of hydrogen-bond acceptors (Lipinski definition) is 5. The molecule has 0 atom stereocenters. The molecule has 4 nitrogen and oxygen atoms in total. The van der Waals surface area contributed by atoms with Crippen molar-refractivity contribution < 1.29 is 19.8 Å². The maximum atomic E-state index is 11.7. The van der Waals surface area contributed by atoms with E-state index in [0.717, 1.165) is 9.10 Å². The van der Waals surface area contributed by atoms with Crippen LogP contribution in [-0.4, -0.2) is 22.0 Å². The molecule has 0 aliphatic rings. The van der Waals surface area contributed by atoms with E-state index < -0.39 is 17.5 Å². The Balaban J connectivity index is 2.11. The Kier molecular flexibility index (Phi) is 4.60. The molecule has 0 aliphatic carbocycles. The lowest BCUT2D eigenvalue weighted by Crippen LogP contribution is -2.02. The summed E-state index contributed by atoms with van der Waals surface area (Å²) < 4.78 is 0.919. The quantitative estimate of drug-likeness (QED) is 0.501. The van der Waals surface area contributed by atoms with Crippen molar-refractivity contribution in [1.82, 2.24) is 0 Å². The van der Waals surface area contributed by atoms with Crippen LogP contribution in [0.2, 0.25) is 0 Å². The lowest BCUT2D eigenvalue weighted by molar-refractivity contribution is -0.135. The van der Waals surface area contributed by atoms with Crippen LogP contribution >= 0.6 is 23.1 Å². The number of carbonyl (C=O) groups is 2. The summed E-state index contributed by atoms with van der Waals surface area (Å²) in [5.41, 5.74) is 0. The van der Waals surface area contributed by atoms with Crippen molar-refractivity contribution in [3.63, 3.8) is 0 Å². The van der Waals surface area contributed by atoms with Crippen molar-refractivity contribution in [1.29, 1.82) is 0 Å². The number of ketones is 1. The lowest BCUT2D eigenvalue weighted by Gasteiger charge is -1.96. The maximum absolute atomic E-state index is 11.7. The van der Waals surface area contributed by atoms with Gasteiger partial charge in [0.25, 0.3) is 0 Å². The highest BCUT2D eigenvalue weighted by molar-refractivity contribution is 8.01. The van der Waals surface area contributed by atoms with E-state index in [1.54, 1.807) is 12.1 Å². The number of carboxylic acids is 1. The van der Waals surface area contributed by atoms with Crippen molar-refractivity contribution in [2.45, 2.75) is 9.10 Å². The van der Waals surface area contributed by atoms with Gasteiger partial charge in [-0.15, -0.1) is 11.3 Å². The number of thiophene rings is 1. The number of rotatable bonds is 5. The molecular weight excluding hydrogens is 296 g/mol. The molecule has 0 fully saturated rings. The Morgan fingerprint density at radius 1 is 1.05 bits per heavy atom. The number of carboxylic acid groups (broad SMARTS) is 1. The van der Waals surface area contributed by atoms with Gasteiger partial charge in [-0.3, -0.25) is 4.79 Å². The number of carbonyl (C=O) groups excluding carboxylic acids is 1. The summed E-state index contributed by atoms with van der Waals surface area (Å²) in [5, 5.41) is 17.5. The Bertz CT molecular complexity index is 659. The number of allylic oxidation sites excluding steroid dienone is 1. The zero-order valence-electron chi connectivity index (χ0n) is 10.1. The van der Waals surface area contributed by atoms with Gasteiger partial charge in [-0.1, -0.05) is 30.0 Å². The van der Waals surface area contributed by atoms with Gasteiger partial charge < -0.3 is 10.2 Å². The average Bonchev–Trinajstić information content (AvgIpc) is 2.88. The second-order valence-electron chi connectivity index (χ2n) is 3.73. The molecule has 6 heteroatoms. The van der Waals surface area contributed by atoms with E-state index in [1.807, 2.05) is 30.3 Å². The first-order valence-corrected chi connectivity index (χ1v) is 7.20. The fourth-order valence-electron chi connectivity index (χ4n) is 1.37. The predicted molar refractivity (Wildman–Crippen MR) is 77.6 cm³/mol. The number of hydrogen-bond donors (Lipinski definition) is 2. The Hall–Kier alpha value is -2.05. The van der Waals surface area contributed by atoms with Gasteiger partial charge in [0.1, 0.15) is 0 Å². The van der Waals surface area contributed by atoms with Crippen LogP contribution in [0.5, 0.6) is 0 Å². The number of benzene rings is 1. The summed E-state index contributed by atoms with van der Waals surface area (Å²) in [6.07, 6.45) is 0.713. The second kappa shape index (κ2) is 6.40. The van der Waals surface area contributed by atoms with Crippen molar-refractivity contribution >= 4 is 34.9 Å². The van der Waals surface area contributed by atoms with Gasteiger partial charge >= 0.3 is 5.97 Å². The molecule has 0 saturated heterocycles. The van der Waals surface area contributed by atoms with Crippen molar-refractivity contribution in [2.75, 3.05) is 0 Å². The molecule has 2 rings (SSSR count). The Labute approximate surface area is 123 Å². The molecular formula is C14H10O4S2. The molecule has 2 N–H and O–H groups in total. The SMILES string of the molecule is O=C(O)C(O)=CC(=O)c1ccc(Sc2ccccc2)s1. The summed E-state index contributed by atoms with van der Waals surface area (Å²) in [4.78, 5) is 23.6. The van der Waals surface area contributed by atoms with Crippen LogP contribution in [0.4, 0.5) is 0 Å². The largest absolute Gasteiger partial charge is 0.502 e. The molecule has 0 aliphatic heterocycles. The minimum atomic E-state index is -1.52. The minimum Gasteiger partial charge on any atom is -0.502 e. The molecule has 0 unspecified atom stereocenters. The molecule has 2 aromatic rings. The number of aliphatic hydroxyl groups is 1. The topological polar surface area (TPSA) is 74.6 Å². The van der Waals surface area contributed by atoms with E-state index in [1.165, 1.54) is 23.1 Å². The van der Waals surface area contributed by atoms with Crippen LogP contribution in [0.25, 0.3) is 0 Å². The molecule has 20 heavy (non-hydrogen) atoms. The fourth-order valence-corrected chi connectivity index (χ4v) is 3.40. The van der Waals surface area contributed by atoms with Gasteiger partial charge in [0.15, 0.2) is 5.78 Å². The third kappa shape index (κ3) is 3.72. The van der Waals surface area contributed by atoms with Gasteiger partial charge in [0.2, 0.25) is 5.76 Å². The van der Waals surface area contributed by atoms with Crippen LogP contribution in [-0.2, 0) is 4.79 Å². The molecule has 1 aromatic heterocycles. The van der Waals surface area contributed by atoms with E-state index in [2.05, 4.69) is 0 Å². The molecule has 0 amide bonds. The summed E-state index contributed by atoms with van der Waals surface area (Å²) in [7, 11) is 0. The summed E-state index contributed by atoms with van der Waals surface area (Å²) in [6.45, 7) is 0. The van der Waals surface area contributed by atoms with Gasteiger partial charge in [-0.2, -0.15) is 0 Å². The lowest BCUT2D eigenvalue weighted by atomic mass is 10.3. The highest BCUT2D eigenvalue weighted by Crippen LogP contribution is 2.33. The van der Waals surface area contributed by atoms with Crippen LogP contribution in [0.15, 0.2) is 63.4 Å². The first-order chi connectivity index (χ1) is 9.56. The van der Waals surface area contributed by atoms with Gasteiger partial charge in [0, 0.05) is 11.0 Å². The maximum Gasteiger partial charge on any atom is 0.371 e. The number of aliphatic hydroxyl groups excluding tert-OH is 1. The van der Waals surface area contributed by atoms with Crippen molar-refractivity contribution in [3.05, 3.63) is 59.2 Å². The Morgan fingerprint density at radius 2 is 1.75 bits per heavy atom. The standard InChI is InChI=1S/C14H10O4S2/c15-10(8-11(16)14(17)18)12-6-7-13(20-12)19-9-4-2-1-3-5-9/h1-8,16H,(H,17,18). The molecule has 0 radical (unpaired) electrons. The number of aliphatic carboxylic acids is 1. The van der Waals surface area contributed by atoms with Crippen molar-refractivity contribution in [2.24, 2.45) is 0 Å². The van der Waals surface area contributed by atoms with Gasteiger partial charge in [-0.25, -0.2) is 4.79 Å². The fraction of sp³-hybridized carbons (Fsp3) is 0. The van der Waals surface area contributed by atoms with Crippen LogP contribution < -0.4 is 0 Å². The molecule has 1 heterocycles. The zero-order valence-corrected chi connectivity index (χ0v) is 11.8. The first-order valence-electron chi connectivity index (χ1n) is 5.57. The van der Waals surface area contributed by atoms with Crippen LogP contribution in [0, 0.1) is 0 Å². The predicted octanol–water partition coefficient (Wildman–Crippen LogP) is 3.61. The highest BCUT2D eigenvalue weighted by Gasteiger charge is 2.12. The van der Waals surface area contributed by atoms with E-state index >= 15 is 0 Å². The normalized spacial score (nSPS) is 11.3. The second-order valence-corrected chi connectivity index (χ2v) is 6.19. The molecule has 102 valence electrons. The van der Waals surface area contributed by atoms with E-state index in [-0.39, 0.29) is 0 Å².